The molecule has 0 aliphatic carbocycles. The van der Waals surface area contributed by atoms with E-state index in [9.17, 15) is 4.79 Å². The van der Waals surface area contributed by atoms with E-state index < -0.39 is 0 Å². The van der Waals surface area contributed by atoms with Gasteiger partial charge in [-0.1, -0.05) is 18.2 Å². The zero-order valence-electron chi connectivity index (χ0n) is 18.6. The first-order valence-electron chi connectivity index (χ1n) is 10.5. The molecule has 0 saturated carbocycles. The van der Waals surface area contributed by atoms with Crippen LogP contribution in [-0.4, -0.2) is 64.2 Å². The second-order valence-corrected chi connectivity index (χ2v) is 8.02. The van der Waals surface area contributed by atoms with E-state index in [0.29, 0.717) is 18.7 Å². The number of nitrogens with zero attached hydrogens (tertiary/aromatic N) is 5. The van der Waals surface area contributed by atoms with Gasteiger partial charge in [0.15, 0.2) is 5.65 Å². The molecule has 160 valence electrons. The Morgan fingerprint density at radius 2 is 2.00 bits per heavy atom. The van der Waals surface area contributed by atoms with Crippen molar-refractivity contribution >= 4 is 16.9 Å². The fourth-order valence-electron chi connectivity index (χ4n) is 3.51. The van der Waals surface area contributed by atoms with Gasteiger partial charge < -0.3 is 15.5 Å². The van der Waals surface area contributed by atoms with Crippen molar-refractivity contribution in [3.05, 3.63) is 47.7 Å². The van der Waals surface area contributed by atoms with Crippen LogP contribution in [0.4, 0.5) is 0 Å². The van der Waals surface area contributed by atoms with Crippen LogP contribution in [0.15, 0.2) is 36.5 Å². The van der Waals surface area contributed by atoms with Crippen molar-refractivity contribution in [3.8, 4) is 11.3 Å². The predicted molar refractivity (Wildman–Crippen MR) is 121 cm³/mol. The number of benzene rings is 1. The molecule has 0 fully saturated rings. The smallest absolute Gasteiger partial charge is 0.254 e. The Morgan fingerprint density at radius 3 is 2.67 bits per heavy atom. The Hall–Kier alpha value is -2.77. The lowest BCUT2D eigenvalue weighted by Gasteiger charge is -2.17. The summed E-state index contributed by atoms with van der Waals surface area (Å²) in [6.07, 6.45) is 1.75. The Balaban J connectivity index is 2.12. The van der Waals surface area contributed by atoms with Crippen molar-refractivity contribution in [1.29, 1.82) is 0 Å². The number of carbonyl (C=O) groups is 1. The summed E-state index contributed by atoms with van der Waals surface area (Å²) in [5.74, 6) is -0.0201. The van der Waals surface area contributed by atoms with E-state index in [0.717, 1.165) is 35.4 Å². The van der Waals surface area contributed by atoms with Crippen LogP contribution >= 0.6 is 0 Å². The number of carbonyl (C=O) groups excluding carboxylic acids is 1. The SMILES string of the molecule is CCN(C)C(=O)c1cc(-c2cccc(CN(C)CCN)c2)nc2c1cnn2C(C)C. The number of aromatic nitrogens is 3. The summed E-state index contributed by atoms with van der Waals surface area (Å²) >= 11 is 0. The Kier molecular flexibility index (Phi) is 6.84. The second-order valence-electron chi connectivity index (χ2n) is 8.02. The van der Waals surface area contributed by atoms with Crippen molar-refractivity contribution < 1.29 is 4.79 Å². The summed E-state index contributed by atoms with van der Waals surface area (Å²) in [7, 11) is 3.87. The molecular weight excluding hydrogens is 376 g/mol. The van der Waals surface area contributed by atoms with Crippen LogP contribution in [0.5, 0.6) is 0 Å². The van der Waals surface area contributed by atoms with Gasteiger partial charge in [-0.15, -0.1) is 0 Å². The Labute approximate surface area is 178 Å². The summed E-state index contributed by atoms with van der Waals surface area (Å²) < 4.78 is 1.88. The number of nitrogens with two attached hydrogens (primary N) is 1. The molecule has 0 radical (unpaired) electrons. The maximum absolute atomic E-state index is 13.1. The largest absolute Gasteiger partial charge is 0.342 e. The van der Waals surface area contributed by atoms with Gasteiger partial charge in [0.25, 0.3) is 5.91 Å². The Bertz CT molecular complexity index is 1030. The molecule has 0 atom stereocenters. The third kappa shape index (κ3) is 4.52. The predicted octanol–water partition coefficient (Wildman–Crippen LogP) is 3.16. The first kappa shape index (κ1) is 21.9. The molecule has 0 unspecified atom stereocenters. The van der Waals surface area contributed by atoms with E-state index in [1.165, 1.54) is 5.56 Å². The van der Waals surface area contributed by atoms with Gasteiger partial charge in [0.1, 0.15) is 0 Å². The summed E-state index contributed by atoms with van der Waals surface area (Å²) in [5.41, 5.74) is 9.99. The molecule has 3 rings (SSSR count). The third-order valence-electron chi connectivity index (χ3n) is 5.29. The molecule has 7 nitrogen and oxygen atoms in total. The second kappa shape index (κ2) is 9.36. The number of amides is 1. The van der Waals surface area contributed by atoms with Gasteiger partial charge in [0, 0.05) is 44.8 Å². The molecule has 0 bridgehead atoms. The van der Waals surface area contributed by atoms with Crippen molar-refractivity contribution in [3.63, 3.8) is 0 Å². The molecule has 1 amide bonds. The van der Waals surface area contributed by atoms with Crippen LogP contribution in [-0.2, 0) is 6.54 Å². The standard InChI is InChI=1S/C23H32N6O/c1-6-28(5)23(30)19-13-21(26-22-20(19)14-25-29(22)16(2)3)18-9-7-8-17(12-18)15-27(4)11-10-24/h7-9,12-14,16H,6,10-11,15,24H2,1-5H3. The molecule has 2 heterocycles. The molecule has 30 heavy (non-hydrogen) atoms. The number of fused-ring (bicyclic) bond motifs is 1. The minimum atomic E-state index is -0.0201. The molecule has 0 aliphatic rings. The van der Waals surface area contributed by atoms with E-state index in [1.807, 2.05) is 36.9 Å². The maximum Gasteiger partial charge on any atom is 0.254 e. The molecule has 2 N–H and O–H groups in total. The summed E-state index contributed by atoms with van der Waals surface area (Å²) in [4.78, 5) is 21.9. The highest BCUT2D eigenvalue weighted by molar-refractivity contribution is 6.06. The average molecular weight is 409 g/mol. The highest BCUT2D eigenvalue weighted by Crippen LogP contribution is 2.28. The molecule has 0 saturated heterocycles. The van der Waals surface area contributed by atoms with E-state index in [4.69, 9.17) is 10.7 Å². The molecule has 1 aromatic carbocycles. The lowest BCUT2D eigenvalue weighted by molar-refractivity contribution is 0.0804. The number of hydrogen-bond acceptors (Lipinski definition) is 5. The van der Waals surface area contributed by atoms with E-state index >= 15 is 0 Å². The number of pyridine rings is 1. The van der Waals surface area contributed by atoms with Gasteiger partial charge in [-0.25, -0.2) is 9.67 Å². The van der Waals surface area contributed by atoms with Crippen molar-refractivity contribution in [2.24, 2.45) is 5.73 Å². The molecule has 0 spiro atoms. The molecule has 0 aliphatic heterocycles. The maximum atomic E-state index is 13.1. The molecule has 2 aromatic heterocycles. The van der Waals surface area contributed by atoms with E-state index in [2.05, 4.69) is 43.0 Å². The molecule has 7 heteroatoms. The number of likely N-dealkylation sites (N-methyl/N-ethyl adjacent to an activating group) is 1. The Morgan fingerprint density at radius 1 is 1.23 bits per heavy atom. The topological polar surface area (TPSA) is 80.3 Å². The fraction of sp³-hybridized carbons (Fsp3) is 0.435. The normalized spacial score (nSPS) is 11.6. The summed E-state index contributed by atoms with van der Waals surface area (Å²) in [6, 6.07) is 10.3. The van der Waals surface area contributed by atoms with Gasteiger partial charge in [-0.2, -0.15) is 5.10 Å². The van der Waals surface area contributed by atoms with Gasteiger partial charge in [0.2, 0.25) is 0 Å². The minimum Gasteiger partial charge on any atom is -0.342 e. The van der Waals surface area contributed by atoms with Crippen LogP contribution in [0.25, 0.3) is 22.3 Å². The van der Waals surface area contributed by atoms with Gasteiger partial charge >= 0.3 is 0 Å². The van der Waals surface area contributed by atoms with Crippen LogP contribution in [0.1, 0.15) is 42.7 Å². The van der Waals surface area contributed by atoms with E-state index in [-0.39, 0.29) is 11.9 Å². The lowest BCUT2D eigenvalue weighted by Crippen LogP contribution is -2.26. The van der Waals surface area contributed by atoms with Crippen molar-refractivity contribution in [1.82, 2.24) is 24.6 Å². The zero-order chi connectivity index (χ0) is 21.8. The number of hydrogen-bond donors (Lipinski definition) is 1. The van der Waals surface area contributed by atoms with Gasteiger partial charge in [-0.3, -0.25) is 4.79 Å². The van der Waals surface area contributed by atoms with Gasteiger partial charge in [-0.05, 0) is 45.5 Å². The van der Waals surface area contributed by atoms with Crippen LogP contribution in [0, 0.1) is 0 Å². The lowest BCUT2D eigenvalue weighted by atomic mass is 10.0. The van der Waals surface area contributed by atoms with Crippen molar-refractivity contribution in [2.75, 3.05) is 33.7 Å². The first-order valence-corrected chi connectivity index (χ1v) is 10.5. The zero-order valence-corrected chi connectivity index (χ0v) is 18.6. The quantitative estimate of drug-likeness (QED) is 0.619. The monoisotopic (exact) mass is 408 g/mol. The highest BCUT2D eigenvalue weighted by Gasteiger charge is 2.20. The summed E-state index contributed by atoms with van der Waals surface area (Å²) in [5, 5.41) is 5.29. The van der Waals surface area contributed by atoms with Crippen molar-refractivity contribution in [2.45, 2.75) is 33.4 Å². The molecular formula is C23H32N6O. The van der Waals surface area contributed by atoms with Crippen LogP contribution in [0.3, 0.4) is 0 Å². The average Bonchev–Trinajstić information content (AvgIpc) is 3.16. The van der Waals surface area contributed by atoms with Crippen LogP contribution in [0.2, 0.25) is 0 Å². The van der Waals surface area contributed by atoms with Crippen LogP contribution < -0.4 is 5.73 Å². The van der Waals surface area contributed by atoms with E-state index in [1.54, 1.807) is 11.1 Å². The highest BCUT2D eigenvalue weighted by atomic mass is 16.2. The molecule has 3 aromatic rings. The minimum absolute atomic E-state index is 0.0201. The summed E-state index contributed by atoms with van der Waals surface area (Å²) in [6.45, 7) is 9.01. The first-order chi connectivity index (χ1) is 14.3. The fourth-order valence-corrected chi connectivity index (χ4v) is 3.51. The van der Waals surface area contributed by atoms with Gasteiger partial charge in [0.05, 0.1) is 22.8 Å². The number of rotatable bonds is 8. The third-order valence-corrected chi connectivity index (χ3v) is 5.29.